The smallest absolute Gasteiger partial charge is 0.323 e. The van der Waals surface area contributed by atoms with Crippen molar-refractivity contribution < 1.29 is 23.2 Å². The number of ketones is 1. The Morgan fingerprint density at radius 1 is 1.17 bits per heavy atom. The minimum atomic E-state index is -1.94. The van der Waals surface area contributed by atoms with Gasteiger partial charge >= 0.3 is 12.1 Å². The van der Waals surface area contributed by atoms with Crippen molar-refractivity contribution in [2.45, 2.75) is 31.0 Å². The predicted molar refractivity (Wildman–Crippen MR) is 129 cm³/mol. The van der Waals surface area contributed by atoms with Crippen LogP contribution in [0, 0.1) is 5.82 Å². The van der Waals surface area contributed by atoms with Gasteiger partial charge in [-0.3, -0.25) is 9.36 Å². The van der Waals surface area contributed by atoms with Gasteiger partial charge in [-0.15, -0.1) is 0 Å². The fraction of sp³-hybridized carbons (Fsp3) is 0.292. The van der Waals surface area contributed by atoms with Gasteiger partial charge in [0.25, 0.3) is 0 Å². The first kappa shape index (κ1) is 24.6. The Morgan fingerprint density at radius 3 is 2.63 bits per heavy atom. The highest BCUT2D eigenvalue weighted by molar-refractivity contribution is 6.30. The van der Waals surface area contributed by atoms with E-state index in [1.165, 1.54) is 22.9 Å². The van der Waals surface area contributed by atoms with Crippen molar-refractivity contribution in [2.24, 2.45) is 11.5 Å². The molecule has 8 nitrogen and oxygen atoms in total. The van der Waals surface area contributed by atoms with Crippen LogP contribution in [0.5, 0.6) is 0 Å². The maximum atomic E-state index is 15.2. The number of hydrogen-bond donors (Lipinski definition) is 3. The third-order valence-corrected chi connectivity index (χ3v) is 6.54. The molecule has 1 aromatic heterocycles. The number of fused-ring (bicyclic) bond motifs is 1. The van der Waals surface area contributed by atoms with Crippen molar-refractivity contribution >= 4 is 46.0 Å². The molecule has 0 spiro atoms. The molecule has 11 heteroatoms. The number of primary amides is 1. The number of likely N-dealkylation sites (tertiary alicyclic amines) is 1. The summed E-state index contributed by atoms with van der Waals surface area (Å²) >= 11 is 5.80. The zero-order chi connectivity index (χ0) is 25.3. The van der Waals surface area contributed by atoms with E-state index < -0.39 is 35.4 Å². The Hall–Kier alpha value is -3.50. The first-order chi connectivity index (χ1) is 16.6. The molecule has 184 valence electrons. The Bertz CT molecular complexity index is 1310. The summed E-state index contributed by atoms with van der Waals surface area (Å²) in [6.45, 7) is -0.754. The molecule has 0 aliphatic carbocycles. The predicted octanol–water partition coefficient (Wildman–Crippen LogP) is 3.84. The minimum Gasteiger partial charge on any atom is -0.351 e. The number of anilines is 1. The van der Waals surface area contributed by atoms with Crippen LogP contribution in [-0.2, 0) is 11.2 Å². The number of rotatable bonds is 6. The largest absolute Gasteiger partial charge is 0.351 e. The second-order valence-electron chi connectivity index (χ2n) is 8.58. The van der Waals surface area contributed by atoms with Crippen LogP contribution in [0.1, 0.15) is 18.4 Å². The highest BCUT2D eigenvalue weighted by atomic mass is 35.5. The Kier molecular flexibility index (Phi) is 6.77. The van der Waals surface area contributed by atoms with E-state index in [1.54, 1.807) is 30.3 Å². The van der Waals surface area contributed by atoms with Crippen LogP contribution in [0.15, 0.2) is 48.7 Å². The number of urea groups is 1. The summed E-state index contributed by atoms with van der Waals surface area (Å²) in [4.78, 5) is 39.1. The number of amides is 3. The molecule has 2 heterocycles. The van der Waals surface area contributed by atoms with E-state index in [2.05, 4.69) is 5.32 Å². The van der Waals surface area contributed by atoms with Crippen molar-refractivity contribution in [3.8, 4) is 0 Å². The second kappa shape index (κ2) is 9.63. The molecule has 1 saturated heterocycles. The molecule has 1 aliphatic rings. The van der Waals surface area contributed by atoms with Gasteiger partial charge in [-0.1, -0.05) is 41.9 Å². The van der Waals surface area contributed by atoms with Gasteiger partial charge in [-0.05, 0) is 24.1 Å². The molecular formula is C24H24ClF2N5O3. The molecule has 2 aromatic carbocycles. The molecule has 1 aliphatic heterocycles. The molecule has 3 amide bonds. The first-order valence-electron chi connectivity index (χ1n) is 11.0. The van der Waals surface area contributed by atoms with Gasteiger partial charge in [0, 0.05) is 31.0 Å². The molecule has 1 fully saturated rings. The zero-order valence-corrected chi connectivity index (χ0v) is 19.4. The molecule has 3 aromatic rings. The van der Waals surface area contributed by atoms with E-state index in [1.807, 2.05) is 0 Å². The van der Waals surface area contributed by atoms with E-state index in [9.17, 15) is 18.8 Å². The number of hydrogen-bond acceptors (Lipinski definition) is 4. The fourth-order valence-electron chi connectivity index (χ4n) is 4.40. The first-order valence-corrected chi connectivity index (χ1v) is 11.3. The lowest BCUT2D eigenvalue weighted by Gasteiger charge is -2.24. The molecule has 35 heavy (non-hydrogen) atoms. The molecule has 0 unspecified atom stereocenters. The average molecular weight is 504 g/mol. The van der Waals surface area contributed by atoms with Gasteiger partial charge in [0.2, 0.25) is 0 Å². The van der Waals surface area contributed by atoms with E-state index in [0.29, 0.717) is 10.9 Å². The van der Waals surface area contributed by atoms with Crippen molar-refractivity contribution in [2.75, 3.05) is 18.4 Å². The summed E-state index contributed by atoms with van der Waals surface area (Å²) in [5.74, 6) is -1.04. The second-order valence-corrected chi connectivity index (χ2v) is 8.99. The third-order valence-electron chi connectivity index (χ3n) is 6.25. The number of aromatic nitrogens is 1. The lowest BCUT2D eigenvalue weighted by molar-refractivity contribution is -0.122. The highest BCUT2D eigenvalue weighted by Crippen LogP contribution is 2.33. The van der Waals surface area contributed by atoms with Crippen molar-refractivity contribution in [1.29, 1.82) is 0 Å². The summed E-state index contributed by atoms with van der Waals surface area (Å²) in [6, 6.07) is 8.72. The molecule has 2 atom stereocenters. The lowest BCUT2D eigenvalue weighted by atomic mass is 9.97. The average Bonchev–Trinajstić information content (AvgIpc) is 3.39. The van der Waals surface area contributed by atoms with Gasteiger partial charge < -0.3 is 21.7 Å². The van der Waals surface area contributed by atoms with Gasteiger partial charge in [0.05, 0.1) is 28.8 Å². The van der Waals surface area contributed by atoms with E-state index in [4.69, 9.17) is 23.1 Å². The van der Waals surface area contributed by atoms with Crippen LogP contribution in [0.3, 0.4) is 0 Å². The number of nitrogens with zero attached hydrogens (tertiary/aromatic N) is 2. The Labute approximate surface area is 204 Å². The number of benzene rings is 2. The van der Waals surface area contributed by atoms with E-state index >= 15 is 4.39 Å². The summed E-state index contributed by atoms with van der Waals surface area (Å²) in [6.07, 6.45) is 1.03. The van der Waals surface area contributed by atoms with Gasteiger partial charge in [0.15, 0.2) is 5.78 Å². The van der Waals surface area contributed by atoms with Gasteiger partial charge in [0.1, 0.15) is 11.5 Å². The lowest BCUT2D eigenvalue weighted by Crippen LogP contribution is -2.44. The molecule has 4 rings (SSSR count). The SMILES string of the molecule is NC[C@]1(F)C[C@@H](C(=O)CCc2cccc(Cl)c2F)N(C(=O)Nc2cn(C(N)=O)c3ccccc23)C1. The maximum Gasteiger partial charge on any atom is 0.323 e. The summed E-state index contributed by atoms with van der Waals surface area (Å²) < 4.78 is 30.6. The van der Waals surface area contributed by atoms with Crippen LogP contribution in [0.4, 0.5) is 24.1 Å². The Morgan fingerprint density at radius 2 is 1.91 bits per heavy atom. The zero-order valence-electron chi connectivity index (χ0n) is 18.6. The number of para-hydroxylation sites is 1. The van der Waals surface area contributed by atoms with Gasteiger partial charge in [-0.25, -0.2) is 18.4 Å². The van der Waals surface area contributed by atoms with Crippen LogP contribution < -0.4 is 16.8 Å². The normalized spacial score (nSPS) is 19.8. The van der Waals surface area contributed by atoms with Crippen LogP contribution in [-0.4, -0.2) is 52.1 Å². The number of alkyl halides is 1. The monoisotopic (exact) mass is 503 g/mol. The number of nitrogens with two attached hydrogens (primary N) is 2. The number of carbonyl (C=O) groups excluding carboxylic acids is 3. The van der Waals surface area contributed by atoms with Crippen LogP contribution >= 0.6 is 11.6 Å². The molecule has 0 bridgehead atoms. The summed E-state index contributed by atoms with van der Waals surface area (Å²) in [7, 11) is 0. The highest BCUT2D eigenvalue weighted by Gasteiger charge is 2.48. The molecular weight excluding hydrogens is 480 g/mol. The van der Waals surface area contributed by atoms with Crippen molar-refractivity contribution in [3.05, 3.63) is 65.1 Å². The van der Waals surface area contributed by atoms with Gasteiger partial charge in [-0.2, -0.15) is 0 Å². The number of nitrogens with one attached hydrogen (secondary N) is 1. The number of Topliss-reactive ketones (excluding diaryl/α,β-unsaturated/α-hetero) is 1. The van der Waals surface area contributed by atoms with Crippen LogP contribution in [0.25, 0.3) is 10.9 Å². The molecule has 0 saturated carbocycles. The summed E-state index contributed by atoms with van der Waals surface area (Å²) in [5, 5.41) is 3.15. The topological polar surface area (TPSA) is 123 Å². The summed E-state index contributed by atoms with van der Waals surface area (Å²) in [5.41, 5.74) is 10.1. The number of halogens is 3. The molecule has 5 N–H and O–H groups in total. The fourth-order valence-corrected chi connectivity index (χ4v) is 4.59. The quantitative estimate of drug-likeness (QED) is 0.473. The van der Waals surface area contributed by atoms with E-state index in [0.717, 1.165) is 4.90 Å². The van der Waals surface area contributed by atoms with E-state index in [-0.39, 0.29) is 48.6 Å². The third kappa shape index (κ3) is 4.85. The van der Waals surface area contributed by atoms with Crippen molar-refractivity contribution in [1.82, 2.24) is 9.47 Å². The standard InChI is InChI=1S/C24H24ClF2N5O3/c25-16-6-3-4-14(21(16)26)8-9-20(33)19-10-24(27,12-28)13-32(19)23(35)30-17-11-31(22(29)34)18-7-2-1-5-15(17)18/h1-7,11,19H,8-10,12-13,28H2,(H2,29,34)(H,30,35)/t19-,24+/m0/s1. The number of aryl methyl sites for hydroxylation is 1. The minimum absolute atomic E-state index is 0.0468. The maximum absolute atomic E-state index is 15.2. The molecule has 0 radical (unpaired) electrons. The van der Waals surface area contributed by atoms with Crippen LogP contribution in [0.2, 0.25) is 5.02 Å². The van der Waals surface area contributed by atoms with Crippen molar-refractivity contribution in [3.63, 3.8) is 0 Å². The Balaban J connectivity index is 1.55. The number of carbonyl (C=O) groups is 3.